The maximum atomic E-state index is 11.9. The largest absolute Gasteiger partial charge is 0.552 e. The number of nitrogens with one attached hydrogen (secondary N) is 1. The van der Waals surface area contributed by atoms with Crippen LogP contribution in [0.1, 0.15) is 47.6 Å². The molecule has 1 fully saturated rings. The molecule has 1 aliphatic heterocycles. The SMILES string of the molecule is N#C[C@H]1CCCCC1n1cc(C(N)=O)c(Nc2ccc3c(c2)C=CB(O)O3)n1. The zero-order chi connectivity index (χ0) is 19.7. The minimum Gasteiger partial charge on any atom is -0.532 e. The van der Waals surface area contributed by atoms with E-state index < -0.39 is 13.0 Å². The van der Waals surface area contributed by atoms with E-state index in [2.05, 4.69) is 16.5 Å². The standard InChI is InChI=1S/C19H20BN5O3/c21-10-13-3-1-2-4-16(13)25-11-15(18(22)26)19(24-25)23-14-5-6-17-12(9-14)7-8-20(27)28-17/h5-9,11,13,16,27H,1-4H2,(H2,22,26)(H,23,24)/t13-,16?/m1/s1. The topological polar surface area (TPSA) is 126 Å². The molecule has 28 heavy (non-hydrogen) atoms. The average Bonchev–Trinajstić information content (AvgIpc) is 3.12. The predicted molar refractivity (Wildman–Crippen MR) is 105 cm³/mol. The Hall–Kier alpha value is -3.25. The number of benzene rings is 1. The maximum Gasteiger partial charge on any atom is 0.552 e. The van der Waals surface area contributed by atoms with E-state index in [9.17, 15) is 15.1 Å². The molecule has 4 N–H and O–H groups in total. The average molecular weight is 377 g/mol. The molecule has 2 heterocycles. The lowest BCUT2D eigenvalue weighted by molar-refractivity contribution is 0.100. The van der Waals surface area contributed by atoms with E-state index in [4.69, 9.17) is 10.4 Å². The minimum atomic E-state index is -0.952. The number of hydrogen-bond donors (Lipinski definition) is 3. The van der Waals surface area contributed by atoms with Crippen molar-refractivity contribution in [2.45, 2.75) is 31.7 Å². The Morgan fingerprint density at radius 3 is 3.04 bits per heavy atom. The van der Waals surface area contributed by atoms with Gasteiger partial charge in [0.2, 0.25) is 0 Å². The van der Waals surface area contributed by atoms with Crippen LogP contribution in [0.4, 0.5) is 11.5 Å². The number of nitrogens with zero attached hydrogens (tertiary/aromatic N) is 3. The van der Waals surface area contributed by atoms with E-state index in [1.54, 1.807) is 35.1 Å². The summed E-state index contributed by atoms with van der Waals surface area (Å²) in [5, 5.41) is 26.6. The molecule has 0 bridgehead atoms. The van der Waals surface area contributed by atoms with Gasteiger partial charge in [-0.3, -0.25) is 9.48 Å². The molecule has 0 spiro atoms. The predicted octanol–water partition coefficient (Wildman–Crippen LogP) is 2.41. The molecule has 142 valence electrons. The van der Waals surface area contributed by atoms with Crippen LogP contribution in [-0.4, -0.2) is 27.8 Å². The second kappa shape index (κ2) is 7.41. The zero-order valence-electron chi connectivity index (χ0n) is 15.2. The molecule has 2 aromatic rings. The highest BCUT2D eigenvalue weighted by molar-refractivity contribution is 6.51. The number of anilines is 2. The first kappa shape index (κ1) is 18.1. The smallest absolute Gasteiger partial charge is 0.532 e. The normalized spacial score (nSPS) is 20.8. The highest BCUT2D eigenvalue weighted by atomic mass is 16.5. The summed E-state index contributed by atoms with van der Waals surface area (Å²) in [6.07, 6.45) is 7.13. The molecule has 1 amide bonds. The van der Waals surface area contributed by atoms with Crippen LogP contribution in [0.15, 0.2) is 30.4 Å². The second-order valence-electron chi connectivity index (χ2n) is 7.07. The first-order valence-corrected chi connectivity index (χ1v) is 9.27. The fraction of sp³-hybridized carbons (Fsp3) is 0.316. The third-order valence-corrected chi connectivity index (χ3v) is 5.19. The fourth-order valence-electron chi connectivity index (χ4n) is 3.77. The van der Waals surface area contributed by atoms with Gasteiger partial charge in [0.05, 0.1) is 18.0 Å². The van der Waals surface area contributed by atoms with Crippen LogP contribution in [0.2, 0.25) is 0 Å². The minimum absolute atomic E-state index is 0.0613. The van der Waals surface area contributed by atoms with E-state index in [0.717, 1.165) is 31.2 Å². The number of fused-ring (bicyclic) bond motifs is 1. The Kier molecular flexibility index (Phi) is 4.80. The summed E-state index contributed by atoms with van der Waals surface area (Å²) in [6.45, 7) is 0. The molecular weight excluding hydrogens is 357 g/mol. The number of nitriles is 1. The van der Waals surface area contributed by atoms with Crippen molar-refractivity contribution in [1.82, 2.24) is 9.78 Å². The van der Waals surface area contributed by atoms with Crippen molar-refractivity contribution in [2.24, 2.45) is 11.7 Å². The van der Waals surface area contributed by atoms with Crippen LogP contribution in [0, 0.1) is 17.2 Å². The molecule has 1 aromatic heterocycles. The number of hydrogen-bond acceptors (Lipinski definition) is 6. The van der Waals surface area contributed by atoms with Gasteiger partial charge in [0.25, 0.3) is 5.91 Å². The highest BCUT2D eigenvalue weighted by Crippen LogP contribution is 2.35. The van der Waals surface area contributed by atoms with E-state index in [-0.39, 0.29) is 17.5 Å². The van der Waals surface area contributed by atoms with Gasteiger partial charge in [0.15, 0.2) is 5.82 Å². The van der Waals surface area contributed by atoms with E-state index in [1.165, 1.54) is 0 Å². The highest BCUT2D eigenvalue weighted by Gasteiger charge is 2.29. The quantitative estimate of drug-likeness (QED) is 0.703. The lowest BCUT2D eigenvalue weighted by Gasteiger charge is -2.26. The lowest BCUT2D eigenvalue weighted by atomic mass is 9.85. The van der Waals surface area contributed by atoms with Crippen LogP contribution < -0.4 is 15.7 Å². The van der Waals surface area contributed by atoms with Gasteiger partial charge >= 0.3 is 7.12 Å². The zero-order valence-corrected chi connectivity index (χ0v) is 15.2. The van der Waals surface area contributed by atoms with Gasteiger partial charge in [-0.05, 0) is 37.0 Å². The monoisotopic (exact) mass is 377 g/mol. The van der Waals surface area contributed by atoms with Gasteiger partial charge in [-0.1, -0.05) is 18.9 Å². The number of amides is 1. The third kappa shape index (κ3) is 3.46. The number of carbonyl (C=O) groups excluding carboxylic acids is 1. The number of rotatable bonds is 4. The first-order valence-electron chi connectivity index (χ1n) is 9.27. The van der Waals surface area contributed by atoms with Crippen LogP contribution in [-0.2, 0) is 0 Å². The number of carbonyl (C=O) groups is 1. The van der Waals surface area contributed by atoms with Crippen molar-refractivity contribution in [1.29, 1.82) is 5.26 Å². The molecule has 1 aromatic carbocycles. The summed E-state index contributed by atoms with van der Waals surface area (Å²) >= 11 is 0. The van der Waals surface area contributed by atoms with Gasteiger partial charge < -0.3 is 20.7 Å². The summed E-state index contributed by atoms with van der Waals surface area (Å²) < 4.78 is 7.02. The number of aromatic nitrogens is 2. The van der Waals surface area contributed by atoms with Crippen molar-refractivity contribution < 1.29 is 14.5 Å². The molecule has 0 radical (unpaired) electrons. The Labute approximate surface area is 162 Å². The van der Waals surface area contributed by atoms with E-state index >= 15 is 0 Å². The lowest BCUT2D eigenvalue weighted by Crippen LogP contribution is -2.22. The van der Waals surface area contributed by atoms with E-state index in [1.807, 2.05) is 6.07 Å². The molecule has 9 heteroatoms. The van der Waals surface area contributed by atoms with Crippen molar-refractivity contribution in [3.63, 3.8) is 0 Å². The molecule has 8 nitrogen and oxygen atoms in total. The van der Waals surface area contributed by atoms with Crippen molar-refractivity contribution in [2.75, 3.05) is 5.32 Å². The van der Waals surface area contributed by atoms with Crippen LogP contribution in [0.3, 0.4) is 0 Å². The van der Waals surface area contributed by atoms with Gasteiger partial charge in [0.1, 0.15) is 11.3 Å². The Balaban J connectivity index is 1.63. The van der Waals surface area contributed by atoms with Gasteiger partial charge in [-0.15, -0.1) is 0 Å². The molecule has 1 aliphatic carbocycles. The third-order valence-electron chi connectivity index (χ3n) is 5.19. The second-order valence-corrected chi connectivity index (χ2v) is 7.07. The molecule has 0 saturated heterocycles. The van der Waals surface area contributed by atoms with Crippen LogP contribution >= 0.6 is 0 Å². The van der Waals surface area contributed by atoms with Crippen LogP contribution in [0.5, 0.6) is 5.75 Å². The fourth-order valence-corrected chi connectivity index (χ4v) is 3.77. The van der Waals surface area contributed by atoms with Gasteiger partial charge in [-0.2, -0.15) is 10.4 Å². The van der Waals surface area contributed by atoms with Crippen LogP contribution in [0.25, 0.3) is 6.08 Å². The molecule has 2 atom stereocenters. The summed E-state index contributed by atoms with van der Waals surface area (Å²) in [7, 11) is -0.952. The molecule has 1 unspecified atom stereocenters. The first-order chi connectivity index (χ1) is 13.5. The summed E-state index contributed by atoms with van der Waals surface area (Å²) in [4.78, 5) is 11.9. The Morgan fingerprint density at radius 1 is 1.43 bits per heavy atom. The Bertz CT molecular complexity index is 980. The van der Waals surface area contributed by atoms with Gasteiger partial charge in [0, 0.05) is 17.4 Å². The molecule has 2 aliphatic rings. The maximum absolute atomic E-state index is 11.9. The Morgan fingerprint density at radius 2 is 2.25 bits per heavy atom. The number of nitrogens with two attached hydrogens (primary N) is 1. The summed E-state index contributed by atoms with van der Waals surface area (Å²) in [5.74, 6) is 1.76. The number of primary amides is 1. The molecular formula is C19H20BN5O3. The summed E-state index contributed by atoms with van der Waals surface area (Å²) in [6, 6.07) is 7.64. The van der Waals surface area contributed by atoms with Crippen molar-refractivity contribution >= 4 is 30.6 Å². The van der Waals surface area contributed by atoms with Crippen molar-refractivity contribution in [3.8, 4) is 11.8 Å². The summed E-state index contributed by atoms with van der Waals surface area (Å²) in [5.41, 5.74) is 7.33. The van der Waals surface area contributed by atoms with Gasteiger partial charge in [-0.25, -0.2) is 0 Å². The van der Waals surface area contributed by atoms with E-state index in [0.29, 0.717) is 17.3 Å². The van der Waals surface area contributed by atoms with Crippen molar-refractivity contribution in [3.05, 3.63) is 41.5 Å². The molecule has 4 rings (SSSR count). The molecule has 1 saturated carbocycles.